The van der Waals surface area contributed by atoms with Gasteiger partial charge in [0.2, 0.25) is 0 Å². The van der Waals surface area contributed by atoms with E-state index in [9.17, 15) is 0 Å². The number of hydrogen-bond acceptors (Lipinski definition) is 4. The summed E-state index contributed by atoms with van der Waals surface area (Å²) >= 11 is 6.44. The Balaban J connectivity index is 0. The van der Waals surface area contributed by atoms with Crippen molar-refractivity contribution in [2.45, 2.75) is 0 Å². The van der Waals surface area contributed by atoms with Crippen molar-refractivity contribution in [2.75, 3.05) is 0 Å². The van der Waals surface area contributed by atoms with E-state index in [0.717, 1.165) is 0 Å². The molecule has 11 heavy (non-hydrogen) atoms. The Bertz CT molecular complexity index is 138. The van der Waals surface area contributed by atoms with Crippen molar-refractivity contribution < 1.29 is 14.4 Å². The summed E-state index contributed by atoms with van der Waals surface area (Å²) in [5.41, 5.74) is 0. The molecule has 1 aromatic rings. The molecule has 0 atom stereocenters. The number of hydrogen-bond donors (Lipinski definition) is 5. The molecular weight excluding hydrogens is 207 g/mol. The number of aromatic nitrogens is 2. The third kappa shape index (κ3) is 25.7. The number of H-pyrrole nitrogens is 1. The first kappa shape index (κ1) is 13.5. The van der Waals surface area contributed by atoms with E-state index in [1.54, 1.807) is 12.4 Å². The average Bonchev–Trinajstić information content (AvgIpc) is 2.44. The summed E-state index contributed by atoms with van der Waals surface area (Å²) in [4.78, 5) is 14.2. The van der Waals surface area contributed by atoms with E-state index in [2.05, 4.69) is 33.5 Å². The quantitative estimate of drug-likeness (QED) is 0.252. The first-order valence-corrected chi connectivity index (χ1v) is 4.98. The Hall–Kier alpha value is -0.0700. The largest absolute Gasteiger partial charge is 0.692 e. The normalized spacial score (nSPS) is 6.55. The maximum Gasteiger partial charge on any atom is 0.692 e. The molecule has 1 heterocycles. The Morgan fingerprint density at radius 1 is 1.45 bits per heavy atom. The molecule has 1 rings (SSSR count). The highest BCUT2D eigenvalue weighted by Crippen LogP contribution is 1.98. The highest BCUT2D eigenvalue weighted by atomic mass is 33.1. The molecule has 0 aliphatic rings. The van der Waals surface area contributed by atoms with Crippen molar-refractivity contribution in [3.63, 3.8) is 0 Å². The van der Waals surface area contributed by atoms with Gasteiger partial charge in [-0.1, -0.05) is 0 Å². The highest BCUT2D eigenvalue weighted by Gasteiger charge is 1.93. The predicted molar refractivity (Wildman–Crippen MR) is 48.6 cm³/mol. The van der Waals surface area contributed by atoms with Crippen LogP contribution >= 0.6 is 31.6 Å². The first-order valence-electron chi connectivity index (χ1n) is 2.22. The maximum absolute atomic E-state index is 8.70. The summed E-state index contributed by atoms with van der Waals surface area (Å²) in [5.74, 6) is 0. The van der Waals surface area contributed by atoms with Gasteiger partial charge in [0.1, 0.15) is 0 Å². The molecule has 0 amide bonds. The minimum absolute atomic E-state index is 1.69. The summed E-state index contributed by atoms with van der Waals surface area (Å²) in [6.45, 7) is 0. The van der Waals surface area contributed by atoms with Gasteiger partial charge in [-0.3, -0.25) is 5.10 Å². The van der Waals surface area contributed by atoms with E-state index in [1.807, 2.05) is 6.07 Å². The summed E-state index contributed by atoms with van der Waals surface area (Å²) in [5, 5.41) is 6.21. The molecule has 1 aromatic heterocycles. The van der Waals surface area contributed by atoms with Gasteiger partial charge in [-0.2, -0.15) is 5.10 Å². The lowest BCUT2D eigenvalue weighted by atomic mass is 10.8. The first-order chi connectivity index (χ1) is 5.23. The van der Waals surface area contributed by atoms with Gasteiger partial charge >= 0.3 is 8.25 Å². The number of aromatic amines is 1. The summed E-state index contributed by atoms with van der Waals surface area (Å²) in [6, 6.07) is 1.83. The molecule has 8 heteroatoms. The van der Waals surface area contributed by atoms with Gasteiger partial charge in [-0.15, -0.1) is 33.1 Å². The molecule has 0 aliphatic carbocycles. The zero-order valence-corrected chi connectivity index (χ0v) is 8.01. The van der Waals surface area contributed by atoms with Gasteiger partial charge in [-0.25, -0.2) is 0 Å². The molecule has 3 N–H and O–H groups in total. The van der Waals surface area contributed by atoms with Crippen LogP contribution in [0.4, 0.5) is 0 Å². The molecule has 64 valence electrons. The number of nitrogens with one attached hydrogen (secondary N) is 1. The van der Waals surface area contributed by atoms with Crippen LogP contribution in [-0.4, -0.2) is 20.0 Å². The smallest absolute Gasteiger partial charge is 0.286 e. The van der Waals surface area contributed by atoms with Crippen LogP contribution in [0.1, 0.15) is 0 Å². The molecule has 0 radical (unpaired) electrons. The van der Waals surface area contributed by atoms with Gasteiger partial charge in [0, 0.05) is 17.0 Å². The third-order valence-electron chi connectivity index (χ3n) is 0.406. The van der Waals surface area contributed by atoms with Crippen LogP contribution < -0.4 is 0 Å². The second-order valence-corrected chi connectivity index (χ2v) is 1.52. The van der Waals surface area contributed by atoms with E-state index < -0.39 is 8.25 Å². The van der Waals surface area contributed by atoms with Crippen LogP contribution in [0, 0.1) is 0 Å². The van der Waals surface area contributed by atoms with Crippen molar-refractivity contribution in [1.29, 1.82) is 0 Å². The van der Waals surface area contributed by atoms with Gasteiger partial charge < -0.3 is 0 Å². The van der Waals surface area contributed by atoms with Gasteiger partial charge in [0.15, 0.2) is 0 Å². The SMILES string of the molecule is O=[P+](O)O.SS.c1cn[nH]c1. The zero-order chi connectivity index (χ0) is 9.11. The minimum atomic E-state index is -2.87. The van der Waals surface area contributed by atoms with Crippen LogP contribution in [0.2, 0.25) is 0 Å². The monoisotopic (exact) mass is 215 g/mol. The fourth-order valence-corrected chi connectivity index (χ4v) is 0.215. The second kappa shape index (κ2) is 12.6. The van der Waals surface area contributed by atoms with E-state index in [4.69, 9.17) is 14.4 Å². The molecule has 0 bridgehead atoms. The summed E-state index contributed by atoms with van der Waals surface area (Å²) in [6.07, 6.45) is 3.46. The zero-order valence-electron chi connectivity index (χ0n) is 5.32. The lowest BCUT2D eigenvalue weighted by molar-refractivity contribution is 0.405. The third-order valence-corrected chi connectivity index (χ3v) is 0.406. The lowest BCUT2D eigenvalue weighted by Crippen LogP contribution is -1.53. The predicted octanol–water partition coefficient (Wildman–Crippen LogP) is 0.799. The Morgan fingerprint density at radius 3 is 2.00 bits per heavy atom. The van der Waals surface area contributed by atoms with Crippen molar-refractivity contribution in [2.24, 2.45) is 0 Å². The van der Waals surface area contributed by atoms with Crippen LogP contribution in [0.15, 0.2) is 18.5 Å². The molecule has 0 spiro atoms. The number of thiol groups is 2. The Morgan fingerprint density at radius 2 is 1.91 bits per heavy atom. The molecule has 0 aromatic carbocycles. The van der Waals surface area contributed by atoms with Crippen molar-refractivity contribution in [3.8, 4) is 0 Å². The summed E-state index contributed by atoms with van der Waals surface area (Å²) < 4.78 is 8.70. The van der Waals surface area contributed by atoms with Crippen LogP contribution in [0.5, 0.6) is 0 Å². The highest BCUT2D eigenvalue weighted by molar-refractivity contribution is 8.59. The van der Waals surface area contributed by atoms with Crippen molar-refractivity contribution >= 4 is 31.6 Å². The lowest BCUT2D eigenvalue weighted by Gasteiger charge is -1.49. The molecular formula is C3H8N2O3PS2+. The van der Waals surface area contributed by atoms with Gasteiger partial charge in [0.05, 0.1) is 0 Å². The Kier molecular flexibility index (Phi) is 15.5. The van der Waals surface area contributed by atoms with Crippen molar-refractivity contribution in [1.82, 2.24) is 10.2 Å². The molecule has 0 fully saturated rings. The van der Waals surface area contributed by atoms with Gasteiger partial charge in [-0.05, 0) is 6.07 Å². The maximum atomic E-state index is 8.70. The summed E-state index contributed by atoms with van der Waals surface area (Å²) in [7, 11) is -2.87. The second-order valence-electron chi connectivity index (χ2n) is 1.02. The Labute approximate surface area is 75.0 Å². The van der Waals surface area contributed by atoms with E-state index >= 15 is 0 Å². The van der Waals surface area contributed by atoms with Crippen LogP contribution in [-0.2, 0) is 4.57 Å². The van der Waals surface area contributed by atoms with E-state index in [-0.39, 0.29) is 0 Å². The fourth-order valence-electron chi connectivity index (χ4n) is 0.215. The molecule has 5 nitrogen and oxygen atoms in total. The minimum Gasteiger partial charge on any atom is -0.286 e. The van der Waals surface area contributed by atoms with Gasteiger partial charge in [0.25, 0.3) is 0 Å². The van der Waals surface area contributed by atoms with Crippen LogP contribution in [0.25, 0.3) is 0 Å². The number of rotatable bonds is 0. The topological polar surface area (TPSA) is 86.2 Å². The van der Waals surface area contributed by atoms with E-state index in [0.29, 0.717) is 0 Å². The molecule has 0 saturated heterocycles. The molecule has 0 aliphatic heterocycles. The molecule has 0 saturated carbocycles. The van der Waals surface area contributed by atoms with Crippen LogP contribution in [0.3, 0.4) is 0 Å². The van der Waals surface area contributed by atoms with E-state index in [1.165, 1.54) is 0 Å². The average molecular weight is 215 g/mol. The molecule has 0 unspecified atom stereocenters. The standard InChI is InChI=1S/C3H4N2.HO3P.H2S2/c1-2-4-5-3-1;1-4(2)3;1-2/h1-3H,(H,4,5);(H-,1,2,3);1-2H/p+1. The fraction of sp³-hybridized carbons (Fsp3) is 0. The number of nitrogens with zero attached hydrogens (tertiary/aromatic N) is 1. The van der Waals surface area contributed by atoms with Crippen molar-refractivity contribution in [3.05, 3.63) is 18.5 Å².